The molecule has 1 unspecified atom stereocenters. The van der Waals surface area contributed by atoms with Crippen molar-refractivity contribution in [1.29, 1.82) is 0 Å². The van der Waals surface area contributed by atoms with Crippen LogP contribution in [0.25, 0.3) is 0 Å². The summed E-state index contributed by atoms with van der Waals surface area (Å²) in [6, 6.07) is 6.35. The largest absolute Gasteiger partial charge is 0.383 e. The highest BCUT2D eigenvalue weighted by atomic mass is 35.5. The summed E-state index contributed by atoms with van der Waals surface area (Å²) in [5.41, 5.74) is 2.70. The zero-order valence-electron chi connectivity index (χ0n) is 13.4. The van der Waals surface area contributed by atoms with Crippen molar-refractivity contribution in [3.8, 4) is 0 Å². The van der Waals surface area contributed by atoms with E-state index in [-0.39, 0.29) is 5.41 Å². The fourth-order valence-electron chi connectivity index (χ4n) is 2.22. The van der Waals surface area contributed by atoms with Gasteiger partial charge in [0.2, 0.25) is 0 Å². The van der Waals surface area contributed by atoms with Crippen molar-refractivity contribution in [3.63, 3.8) is 0 Å². The molecule has 0 aliphatic rings. The Hall–Kier alpha value is -0.570. The topological polar surface area (TPSA) is 21.3 Å². The molecule has 1 aromatic rings. The average molecular weight is 298 g/mol. The number of aryl methyl sites for hydroxylation is 1. The van der Waals surface area contributed by atoms with Crippen molar-refractivity contribution < 1.29 is 4.74 Å². The number of ether oxygens (including phenoxy) is 1. The number of nitrogens with one attached hydrogen (secondary N) is 1. The van der Waals surface area contributed by atoms with Crippen LogP contribution in [0, 0.1) is 18.3 Å². The maximum Gasteiger partial charge on any atom is 0.0587 e. The van der Waals surface area contributed by atoms with Gasteiger partial charge in [-0.1, -0.05) is 44.5 Å². The molecule has 0 bridgehead atoms. The van der Waals surface area contributed by atoms with Gasteiger partial charge in [0, 0.05) is 18.7 Å². The van der Waals surface area contributed by atoms with E-state index >= 15 is 0 Å². The summed E-state index contributed by atoms with van der Waals surface area (Å²) in [5, 5.41) is 4.36. The SMILES string of the molecule is COCCNCC(Cc1ccc(C)cc1Cl)C(C)(C)C. The van der Waals surface area contributed by atoms with Crippen LogP contribution >= 0.6 is 11.6 Å². The number of halogens is 1. The van der Waals surface area contributed by atoms with E-state index in [0.29, 0.717) is 5.92 Å². The highest BCUT2D eigenvalue weighted by Crippen LogP contribution is 2.31. The van der Waals surface area contributed by atoms with E-state index in [9.17, 15) is 0 Å². The molecule has 0 saturated carbocycles. The van der Waals surface area contributed by atoms with Crippen LogP contribution in [0.1, 0.15) is 31.9 Å². The van der Waals surface area contributed by atoms with Crippen LogP contribution in [0.4, 0.5) is 0 Å². The van der Waals surface area contributed by atoms with Gasteiger partial charge in [0.1, 0.15) is 0 Å². The highest BCUT2D eigenvalue weighted by molar-refractivity contribution is 6.31. The molecule has 3 heteroatoms. The average Bonchev–Trinajstić information content (AvgIpc) is 2.34. The van der Waals surface area contributed by atoms with Gasteiger partial charge < -0.3 is 10.1 Å². The van der Waals surface area contributed by atoms with Crippen molar-refractivity contribution >= 4 is 11.6 Å². The second kappa shape index (κ2) is 8.02. The fourth-order valence-corrected chi connectivity index (χ4v) is 2.53. The van der Waals surface area contributed by atoms with Gasteiger partial charge in [-0.25, -0.2) is 0 Å². The maximum absolute atomic E-state index is 6.37. The number of benzene rings is 1. The van der Waals surface area contributed by atoms with Gasteiger partial charge in [-0.3, -0.25) is 0 Å². The van der Waals surface area contributed by atoms with Crippen LogP contribution < -0.4 is 5.32 Å². The molecule has 0 spiro atoms. The lowest BCUT2D eigenvalue weighted by Gasteiger charge is -2.31. The fraction of sp³-hybridized carbons (Fsp3) is 0.647. The quantitative estimate of drug-likeness (QED) is 0.766. The van der Waals surface area contributed by atoms with Crippen molar-refractivity contribution in [2.75, 3.05) is 26.8 Å². The summed E-state index contributed by atoms with van der Waals surface area (Å²) in [6.07, 6.45) is 1.00. The molecule has 1 N–H and O–H groups in total. The third-order valence-electron chi connectivity index (χ3n) is 3.77. The molecule has 0 heterocycles. The third-order valence-corrected chi connectivity index (χ3v) is 4.13. The van der Waals surface area contributed by atoms with E-state index in [1.54, 1.807) is 7.11 Å². The Morgan fingerprint density at radius 1 is 1.30 bits per heavy atom. The zero-order chi connectivity index (χ0) is 15.2. The Morgan fingerprint density at radius 3 is 2.55 bits per heavy atom. The molecule has 114 valence electrons. The Morgan fingerprint density at radius 2 is 2.00 bits per heavy atom. The first kappa shape index (κ1) is 17.5. The number of rotatable bonds is 7. The summed E-state index contributed by atoms with van der Waals surface area (Å²) in [6.45, 7) is 11.6. The first-order valence-electron chi connectivity index (χ1n) is 7.29. The molecule has 1 aromatic carbocycles. The van der Waals surface area contributed by atoms with E-state index in [4.69, 9.17) is 16.3 Å². The van der Waals surface area contributed by atoms with Crippen LogP contribution in [0.2, 0.25) is 5.02 Å². The van der Waals surface area contributed by atoms with Crippen molar-refractivity contribution in [2.45, 2.75) is 34.1 Å². The van der Waals surface area contributed by atoms with Gasteiger partial charge >= 0.3 is 0 Å². The maximum atomic E-state index is 6.37. The van der Waals surface area contributed by atoms with Crippen LogP contribution in [-0.4, -0.2) is 26.8 Å². The van der Waals surface area contributed by atoms with Gasteiger partial charge in [-0.15, -0.1) is 0 Å². The molecule has 0 amide bonds. The summed E-state index contributed by atoms with van der Waals surface area (Å²) in [4.78, 5) is 0. The minimum absolute atomic E-state index is 0.244. The summed E-state index contributed by atoms with van der Waals surface area (Å²) in [7, 11) is 1.73. The molecule has 0 aliphatic heterocycles. The van der Waals surface area contributed by atoms with Crippen LogP contribution in [0.5, 0.6) is 0 Å². The standard InChI is InChI=1S/C17H28ClNO/c1-13-6-7-14(16(18)10-13)11-15(17(2,3)4)12-19-8-9-20-5/h6-7,10,15,19H,8-9,11-12H2,1-5H3. The Kier molecular flexibility index (Phi) is 7.01. The van der Waals surface area contributed by atoms with E-state index in [2.05, 4.69) is 51.2 Å². The lowest BCUT2D eigenvalue weighted by Crippen LogP contribution is -2.34. The summed E-state index contributed by atoms with van der Waals surface area (Å²) in [5.74, 6) is 0.541. The number of hydrogen-bond acceptors (Lipinski definition) is 2. The van der Waals surface area contributed by atoms with Crippen molar-refractivity contribution in [1.82, 2.24) is 5.32 Å². The number of hydrogen-bond donors (Lipinski definition) is 1. The molecule has 1 rings (SSSR count). The Balaban J connectivity index is 2.69. The molecule has 0 saturated heterocycles. The monoisotopic (exact) mass is 297 g/mol. The predicted molar refractivity (Wildman–Crippen MR) is 87.6 cm³/mol. The first-order chi connectivity index (χ1) is 9.34. The van der Waals surface area contributed by atoms with Gasteiger partial charge in [-0.2, -0.15) is 0 Å². The molecule has 0 aromatic heterocycles. The van der Waals surface area contributed by atoms with Crippen molar-refractivity contribution in [2.24, 2.45) is 11.3 Å². The Labute approximate surface area is 128 Å². The van der Waals surface area contributed by atoms with Gasteiger partial charge in [0.25, 0.3) is 0 Å². The second-order valence-electron chi connectivity index (χ2n) is 6.56. The van der Waals surface area contributed by atoms with Crippen LogP contribution in [0.3, 0.4) is 0 Å². The lowest BCUT2D eigenvalue weighted by atomic mass is 9.77. The van der Waals surface area contributed by atoms with Gasteiger partial charge in [0.05, 0.1) is 6.61 Å². The van der Waals surface area contributed by atoms with Crippen LogP contribution in [0.15, 0.2) is 18.2 Å². The van der Waals surface area contributed by atoms with E-state index < -0.39 is 0 Å². The summed E-state index contributed by atoms with van der Waals surface area (Å²) < 4.78 is 5.08. The first-order valence-corrected chi connectivity index (χ1v) is 7.67. The van der Waals surface area contributed by atoms with Crippen molar-refractivity contribution in [3.05, 3.63) is 34.3 Å². The molecule has 0 radical (unpaired) electrons. The lowest BCUT2D eigenvalue weighted by molar-refractivity contribution is 0.186. The summed E-state index contributed by atoms with van der Waals surface area (Å²) >= 11 is 6.37. The molecular weight excluding hydrogens is 270 g/mol. The Bertz CT molecular complexity index is 412. The molecule has 0 fully saturated rings. The third kappa shape index (κ3) is 5.82. The predicted octanol–water partition coefficient (Wildman–Crippen LogP) is 4.09. The molecule has 0 aliphatic carbocycles. The normalized spacial score (nSPS) is 13.5. The second-order valence-corrected chi connectivity index (χ2v) is 6.97. The van der Waals surface area contributed by atoms with Gasteiger partial charge in [0.15, 0.2) is 0 Å². The molecule has 20 heavy (non-hydrogen) atoms. The minimum Gasteiger partial charge on any atom is -0.383 e. The smallest absolute Gasteiger partial charge is 0.0587 e. The van der Waals surface area contributed by atoms with Crippen LogP contribution in [-0.2, 0) is 11.2 Å². The highest BCUT2D eigenvalue weighted by Gasteiger charge is 2.25. The molecular formula is C17H28ClNO. The van der Waals surface area contributed by atoms with E-state index in [1.807, 2.05) is 0 Å². The number of methoxy groups -OCH3 is 1. The van der Waals surface area contributed by atoms with Gasteiger partial charge in [-0.05, 0) is 48.4 Å². The molecule has 2 nitrogen and oxygen atoms in total. The van der Waals surface area contributed by atoms with E-state index in [1.165, 1.54) is 11.1 Å². The van der Waals surface area contributed by atoms with E-state index in [0.717, 1.165) is 31.1 Å². The molecule has 1 atom stereocenters. The minimum atomic E-state index is 0.244. The zero-order valence-corrected chi connectivity index (χ0v) is 14.2.